The van der Waals surface area contributed by atoms with Crippen LogP contribution < -0.4 is 15.0 Å². The van der Waals surface area contributed by atoms with Crippen molar-refractivity contribution in [3.8, 4) is 11.5 Å². The number of nitrogens with zero attached hydrogens (tertiary/aromatic N) is 2. The molecule has 6 heteroatoms. The molecule has 2 aliphatic rings. The van der Waals surface area contributed by atoms with Crippen molar-refractivity contribution in [3.63, 3.8) is 0 Å². The van der Waals surface area contributed by atoms with Crippen molar-refractivity contribution in [2.24, 2.45) is 5.92 Å². The molecule has 2 saturated carbocycles. The molecule has 1 N–H and O–H groups in total. The Morgan fingerprint density at radius 1 is 1.20 bits per heavy atom. The molecule has 25 heavy (non-hydrogen) atoms. The van der Waals surface area contributed by atoms with Gasteiger partial charge in [-0.2, -0.15) is 0 Å². The van der Waals surface area contributed by atoms with E-state index in [4.69, 9.17) is 14.5 Å². The molecule has 1 aromatic carbocycles. The van der Waals surface area contributed by atoms with Crippen molar-refractivity contribution >= 4 is 10.9 Å². The van der Waals surface area contributed by atoms with E-state index in [2.05, 4.69) is 16.8 Å². The van der Waals surface area contributed by atoms with Gasteiger partial charge in [-0.3, -0.25) is 9.69 Å². The third-order valence-electron chi connectivity index (χ3n) is 5.44. The molecular weight excluding hydrogens is 318 g/mol. The molecule has 1 heterocycles. The number of methoxy groups -OCH3 is 2. The molecule has 0 bridgehead atoms. The van der Waals surface area contributed by atoms with Gasteiger partial charge in [0, 0.05) is 18.2 Å². The van der Waals surface area contributed by atoms with Crippen LogP contribution in [0, 0.1) is 5.92 Å². The maximum atomic E-state index is 12.5. The van der Waals surface area contributed by atoms with E-state index in [1.54, 1.807) is 26.4 Å². The van der Waals surface area contributed by atoms with Crippen molar-refractivity contribution in [2.75, 3.05) is 14.2 Å². The van der Waals surface area contributed by atoms with Gasteiger partial charge in [-0.15, -0.1) is 0 Å². The smallest absolute Gasteiger partial charge is 0.258 e. The number of H-pyrrole nitrogens is 1. The molecule has 2 fully saturated rings. The molecule has 0 unspecified atom stereocenters. The third kappa shape index (κ3) is 3.23. The Morgan fingerprint density at radius 2 is 1.88 bits per heavy atom. The molecule has 4 rings (SSSR count). The van der Waals surface area contributed by atoms with Gasteiger partial charge in [0.05, 0.1) is 31.7 Å². The summed E-state index contributed by atoms with van der Waals surface area (Å²) in [7, 11) is 3.15. The highest BCUT2D eigenvalue weighted by molar-refractivity contribution is 5.81. The Labute approximate surface area is 147 Å². The predicted octanol–water partition coefficient (Wildman–Crippen LogP) is 2.70. The van der Waals surface area contributed by atoms with Crippen LogP contribution in [0.5, 0.6) is 11.5 Å². The number of nitrogens with one attached hydrogen (secondary N) is 1. The third-order valence-corrected chi connectivity index (χ3v) is 5.44. The minimum atomic E-state index is -0.129. The van der Waals surface area contributed by atoms with E-state index in [1.165, 1.54) is 25.7 Å². The first-order chi connectivity index (χ1) is 12.1. The van der Waals surface area contributed by atoms with Gasteiger partial charge in [0.1, 0.15) is 5.82 Å². The van der Waals surface area contributed by atoms with Crippen LogP contribution in [0.15, 0.2) is 16.9 Å². The number of fused-ring (bicyclic) bond motifs is 1. The fourth-order valence-corrected chi connectivity index (χ4v) is 3.62. The summed E-state index contributed by atoms with van der Waals surface area (Å²) >= 11 is 0. The Kier molecular flexibility index (Phi) is 4.15. The minimum absolute atomic E-state index is 0.129. The fourth-order valence-electron chi connectivity index (χ4n) is 3.62. The van der Waals surface area contributed by atoms with Crippen LogP contribution >= 0.6 is 0 Å². The summed E-state index contributed by atoms with van der Waals surface area (Å²) in [6.45, 7) is 3.00. The number of hydrogen-bond donors (Lipinski definition) is 1. The van der Waals surface area contributed by atoms with E-state index in [0.717, 1.165) is 11.7 Å². The summed E-state index contributed by atoms with van der Waals surface area (Å²) < 4.78 is 10.6. The van der Waals surface area contributed by atoms with Crippen LogP contribution in [0.4, 0.5) is 0 Å². The van der Waals surface area contributed by atoms with Gasteiger partial charge < -0.3 is 14.5 Å². The van der Waals surface area contributed by atoms with Crippen molar-refractivity contribution in [3.05, 3.63) is 28.3 Å². The Morgan fingerprint density at radius 3 is 2.48 bits per heavy atom. The molecule has 2 aliphatic carbocycles. The second-order valence-electron chi connectivity index (χ2n) is 7.22. The predicted molar refractivity (Wildman–Crippen MR) is 96.2 cm³/mol. The topological polar surface area (TPSA) is 67.5 Å². The molecule has 134 valence electrons. The first-order valence-corrected chi connectivity index (χ1v) is 9.01. The lowest BCUT2D eigenvalue weighted by Crippen LogP contribution is -2.37. The summed E-state index contributed by atoms with van der Waals surface area (Å²) in [5.41, 5.74) is 0.516. The van der Waals surface area contributed by atoms with Gasteiger partial charge >= 0.3 is 0 Å². The molecule has 0 amide bonds. The van der Waals surface area contributed by atoms with E-state index in [9.17, 15) is 4.79 Å². The van der Waals surface area contributed by atoms with Gasteiger partial charge in [0.25, 0.3) is 5.56 Å². The van der Waals surface area contributed by atoms with Crippen LogP contribution in [0.2, 0.25) is 0 Å². The van der Waals surface area contributed by atoms with Crippen molar-refractivity contribution in [1.82, 2.24) is 14.9 Å². The molecule has 0 spiro atoms. The monoisotopic (exact) mass is 343 g/mol. The Hall–Kier alpha value is -2.08. The Balaban J connectivity index is 1.68. The number of benzene rings is 1. The quantitative estimate of drug-likeness (QED) is 0.837. The lowest BCUT2D eigenvalue weighted by atomic mass is 10.1. The standard InChI is InChI=1S/C19H25N3O3/c1-11(12-4-5-12)22(13-6-7-13)10-18-20-15-9-17(25-3)16(24-2)8-14(15)19(23)21-18/h8-9,11-13H,4-7,10H2,1-3H3,(H,20,21,23)/t11-/m1/s1. The maximum absolute atomic E-state index is 12.5. The molecule has 0 saturated heterocycles. The number of aromatic nitrogens is 2. The average Bonchev–Trinajstić information content (AvgIpc) is 3.49. The second kappa shape index (κ2) is 6.33. The summed E-state index contributed by atoms with van der Waals surface area (Å²) in [6, 6.07) is 4.66. The van der Waals surface area contributed by atoms with Gasteiger partial charge in [0.2, 0.25) is 0 Å². The summed E-state index contributed by atoms with van der Waals surface area (Å²) in [5, 5.41) is 0.523. The SMILES string of the molecule is COc1cc2nc(CN(C3CC3)[C@H](C)C3CC3)[nH]c(=O)c2cc1OC. The first kappa shape index (κ1) is 16.4. The van der Waals surface area contributed by atoms with E-state index in [-0.39, 0.29) is 5.56 Å². The van der Waals surface area contributed by atoms with Gasteiger partial charge in [0.15, 0.2) is 11.5 Å². The van der Waals surface area contributed by atoms with Crippen molar-refractivity contribution in [1.29, 1.82) is 0 Å². The number of aromatic amines is 1. The zero-order chi connectivity index (χ0) is 17.6. The second-order valence-corrected chi connectivity index (χ2v) is 7.22. The highest BCUT2D eigenvalue weighted by Crippen LogP contribution is 2.40. The molecule has 1 aromatic heterocycles. The van der Waals surface area contributed by atoms with E-state index in [0.29, 0.717) is 41.0 Å². The van der Waals surface area contributed by atoms with Crippen molar-refractivity contribution in [2.45, 2.75) is 51.2 Å². The van der Waals surface area contributed by atoms with E-state index < -0.39 is 0 Å². The zero-order valence-corrected chi connectivity index (χ0v) is 15.0. The van der Waals surface area contributed by atoms with Crippen LogP contribution in [0.25, 0.3) is 10.9 Å². The molecule has 1 atom stereocenters. The minimum Gasteiger partial charge on any atom is -0.493 e. The van der Waals surface area contributed by atoms with Crippen LogP contribution in [-0.4, -0.2) is 41.2 Å². The first-order valence-electron chi connectivity index (χ1n) is 9.01. The highest BCUT2D eigenvalue weighted by Gasteiger charge is 2.39. The van der Waals surface area contributed by atoms with Gasteiger partial charge in [-0.1, -0.05) is 0 Å². The number of rotatable bonds is 7. The molecule has 0 radical (unpaired) electrons. The highest BCUT2D eigenvalue weighted by atomic mass is 16.5. The van der Waals surface area contributed by atoms with E-state index in [1.807, 2.05) is 0 Å². The summed E-state index contributed by atoms with van der Waals surface area (Å²) in [5.74, 6) is 2.66. The van der Waals surface area contributed by atoms with Crippen LogP contribution in [0.1, 0.15) is 38.4 Å². The average molecular weight is 343 g/mol. The van der Waals surface area contributed by atoms with E-state index >= 15 is 0 Å². The Bertz CT molecular complexity index is 840. The molecular formula is C19H25N3O3. The fraction of sp³-hybridized carbons (Fsp3) is 0.579. The molecule has 2 aromatic rings. The van der Waals surface area contributed by atoms with Gasteiger partial charge in [-0.05, 0) is 44.6 Å². The summed E-state index contributed by atoms with van der Waals surface area (Å²) in [6.07, 6.45) is 5.14. The van der Waals surface area contributed by atoms with Crippen molar-refractivity contribution < 1.29 is 9.47 Å². The lowest BCUT2D eigenvalue weighted by Gasteiger charge is -2.28. The number of ether oxygens (including phenoxy) is 2. The summed E-state index contributed by atoms with van der Waals surface area (Å²) in [4.78, 5) is 22.7. The molecule has 6 nitrogen and oxygen atoms in total. The lowest BCUT2D eigenvalue weighted by molar-refractivity contribution is 0.166. The van der Waals surface area contributed by atoms with Crippen LogP contribution in [0.3, 0.4) is 0 Å². The normalized spacial score (nSPS) is 18.6. The zero-order valence-electron chi connectivity index (χ0n) is 15.0. The molecule has 0 aliphatic heterocycles. The largest absolute Gasteiger partial charge is 0.493 e. The van der Waals surface area contributed by atoms with Crippen LogP contribution in [-0.2, 0) is 6.54 Å². The number of hydrogen-bond acceptors (Lipinski definition) is 5. The maximum Gasteiger partial charge on any atom is 0.258 e. The van der Waals surface area contributed by atoms with Gasteiger partial charge in [-0.25, -0.2) is 4.98 Å².